The van der Waals surface area contributed by atoms with E-state index in [4.69, 9.17) is 15.4 Å². The van der Waals surface area contributed by atoms with Gasteiger partial charge in [-0.2, -0.15) is 5.26 Å². The molecule has 0 unspecified atom stereocenters. The van der Waals surface area contributed by atoms with Crippen molar-refractivity contribution in [3.05, 3.63) is 50.6 Å². The van der Waals surface area contributed by atoms with Crippen molar-refractivity contribution in [2.75, 3.05) is 0 Å². The van der Waals surface area contributed by atoms with Gasteiger partial charge >= 0.3 is 0 Å². The van der Waals surface area contributed by atoms with Crippen LogP contribution in [-0.2, 0) is 4.79 Å². The van der Waals surface area contributed by atoms with Crippen molar-refractivity contribution in [1.29, 1.82) is 5.26 Å². The molecular weight excluding hydrogens is 388 g/mol. The normalized spacial score (nSPS) is 11.2. The number of carbonyl (C=O) groups excluding carboxylic acids is 1. The highest BCUT2D eigenvalue weighted by molar-refractivity contribution is 9.11. The van der Waals surface area contributed by atoms with Crippen LogP contribution in [-0.4, -0.2) is 5.91 Å². The highest BCUT2D eigenvalue weighted by Gasteiger charge is 2.10. The zero-order chi connectivity index (χ0) is 14.7. The first-order chi connectivity index (χ1) is 9.51. The zero-order valence-corrected chi connectivity index (χ0v) is 13.2. The van der Waals surface area contributed by atoms with Crippen molar-refractivity contribution in [3.63, 3.8) is 0 Å². The highest BCUT2D eigenvalue weighted by Crippen LogP contribution is 2.32. The van der Waals surface area contributed by atoms with E-state index in [0.717, 1.165) is 14.5 Å². The maximum Gasteiger partial charge on any atom is 0.259 e. The van der Waals surface area contributed by atoms with Gasteiger partial charge in [-0.15, -0.1) is 0 Å². The van der Waals surface area contributed by atoms with Gasteiger partial charge in [-0.3, -0.25) is 4.79 Å². The molecule has 1 amide bonds. The van der Waals surface area contributed by atoms with E-state index >= 15 is 0 Å². The number of hydrogen-bond acceptors (Lipinski definition) is 3. The molecule has 0 bridgehead atoms. The van der Waals surface area contributed by atoms with Crippen LogP contribution in [0.1, 0.15) is 5.76 Å². The lowest BCUT2D eigenvalue weighted by Gasteiger charge is -2.01. The Kier molecular flexibility index (Phi) is 4.42. The van der Waals surface area contributed by atoms with Crippen LogP contribution in [0.5, 0.6) is 0 Å². The SMILES string of the molecule is N#C/C(=C/c1ccc(-c2ccc(Br)cc2Br)o1)C(N)=O. The Labute approximate surface area is 132 Å². The topological polar surface area (TPSA) is 80.0 Å². The van der Waals surface area contributed by atoms with Crippen molar-refractivity contribution < 1.29 is 9.21 Å². The fourth-order valence-corrected chi connectivity index (χ4v) is 2.81. The number of carbonyl (C=O) groups is 1. The molecule has 100 valence electrons. The summed E-state index contributed by atoms with van der Waals surface area (Å²) in [5, 5.41) is 8.78. The van der Waals surface area contributed by atoms with Crippen LogP contribution in [0.15, 0.2) is 49.3 Å². The van der Waals surface area contributed by atoms with Crippen LogP contribution in [0.3, 0.4) is 0 Å². The third-order valence-electron chi connectivity index (χ3n) is 2.50. The molecule has 0 aliphatic carbocycles. The van der Waals surface area contributed by atoms with Gasteiger partial charge in [0.15, 0.2) is 0 Å². The first-order valence-electron chi connectivity index (χ1n) is 5.48. The molecule has 1 aromatic carbocycles. The zero-order valence-electron chi connectivity index (χ0n) is 10.1. The Morgan fingerprint density at radius 3 is 2.65 bits per heavy atom. The fraction of sp³-hybridized carbons (Fsp3) is 0. The summed E-state index contributed by atoms with van der Waals surface area (Å²) in [6.45, 7) is 0. The van der Waals surface area contributed by atoms with Crippen molar-refractivity contribution in [2.45, 2.75) is 0 Å². The van der Waals surface area contributed by atoms with E-state index < -0.39 is 5.91 Å². The lowest BCUT2D eigenvalue weighted by atomic mass is 10.2. The maximum absolute atomic E-state index is 11.0. The van der Waals surface area contributed by atoms with Gasteiger partial charge in [-0.05, 0) is 46.3 Å². The van der Waals surface area contributed by atoms with Crippen LogP contribution in [0.25, 0.3) is 17.4 Å². The van der Waals surface area contributed by atoms with Gasteiger partial charge in [0, 0.05) is 20.6 Å². The quantitative estimate of drug-likeness (QED) is 0.632. The molecule has 2 aromatic rings. The van der Waals surface area contributed by atoms with Gasteiger partial charge in [0.25, 0.3) is 5.91 Å². The molecule has 0 aliphatic rings. The van der Waals surface area contributed by atoms with Crippen molar-refractivity contribution in [1.82, 2.24) is 0 Å². The molecule has 0 saturated heterocycles. The Morgan fingerprint density at radius 2 is 2.05 bits per heavy atom. The number of halogens is 2. The van der Waals surface area contributed by atoms with Crippen LogP contribution in [0.4, 0.5) is 0 Å². The first-order valence-corrected chi connectivity index (χ1v) is 7.06. The number of nitriles is 1. The van der Waals surface area contributed by atoms with Crippen molar-refractivity contribution in [2.24, 2.45) is 5.73 Å². The summed E-state index contributed by atoms with van der Waals surface area (Å²) in [7, 11) is 0. The molecule has 0 fully saturated rings. The molecule has 1 aromatic heterocycles. The van der Waals surface area contributed by atoms with Gasteiger partial charge in [-0.1, -0.05) is 15.9 Å². The third-order valence-corrected chi connectivity index (χ3v) is 3.65. The standard InChI is InChI=1S/C14H8Br2N2O2/c15-9-1-3-11(12(16)6-9)13-4-2-10(20-13)5-8(7-17)14(18)19/h1-6H,(H2,18,19)/b8-5-. The molecule has 0 radical (unpaired) electrons. The predicted octanol–water partition coefficient (Wildman–Crippen LogP) is 3.86. The van der Waals surface area contributed by atoms with Crippen LogP contribution in [0.2, 0.25) is 0 Å². The molecule has 6 heteroatoms. The summed E-state index contributed by atoms with van der Waals surface area (Å²) < 4.78 is 7.40. The van der Waals surface area contributed by atoms with E-state index in [1.165, 1.54) is 6.08 Å². The molecule has 0 atom stereocenters. The average Bonchev–Trinajstić information content (AvgIpc) is 2.83. The van der Waals surface area contributed by atoms with E-state index in [1.54, 1.807) is 18.2 Å². The number of rotatable bonds is 3. The molecular formula is C14H8Br2N2O2. The van der Waals surface area contributed by atoms with Crippen LogP contribution >= 0.6 is 31.9 Å². The Bertz CT molecular complexity index is 742. The summed E-state index contributed by atoms with van der Waals surface area (Å²) in [6.07, 6.45) is 1.32. The second-order valence-corrected chi connectivity index (χ2v) is 5.63. The van der Waals surface area contributed by atoms with E-state index in [0.29, 0.717) is 11.5 Å². The molecule has 20 heavy (non-hydrogen) atoms. The van der Waals surface area contributed by atoms with E-state index in [9.17, 15) is 4.79 Å². The van der Waals surface area contributed by atoms with Gasteiger partial charge in [0.05, 0.1) is 0 Å². The number of nitrogens with two attached hydrogens (primary N) is 1. The molecule has 1 heterocycles. The van der Waals surface area contributed by atoms with Crippen molar-refractivity contribution >= 4 is 43.8 Å². The smallest absolute Gasteiger partial charge is 0.259 e. The maximum atomic E-state index is 11.0. The van der Waals surface area contributed by atoms with Gasteiger partial charge < -0.3 is 10.2 Å². The second-order valence-electron chi connectivity index (χ2n) is 3.86. The van der Waals surface area contributed by atoms with Gasteiger partial charge in [0.1, 0.15) is 23.2 Å². The summed E-state index contributed by atoms with van der Waals surface area (Å²) in [6, 6.07) is 10.8. The molecule has 2 N–H and O–H groups in total. The summed E-state index contributed by atoms with van der Waals surface area (Å²) >= 11 is 6.82. The molecule has 0 saturated carbocycles. The molecule has 0 aliphatic heterocycles. The van der Waals surface area contributed by atoms with Crippen molar-refractivity contribution in [3.8, 4) is 17.4 Å². The Morgan fingerprint density at radius 1 is 1.30 bits per heavy atom. The minimum Gasteiger partial charge on any atom is -0.457 e. The lowest BCUT2D eigenvalue weighted by molar-refractivity contribution is -0.114. The summed E-state index contributed by atoms with van der Waals surface area (Å²) in [4.78, 5) is 11.0. The Balaban J connectivity index is 2.39. The van der Waals surface area contributed by atoms with E-state index in [-0.39, 0.29) is 5.57 Å². The summed E-state index contributed by atoms with van der Waals surface area (Å²) in [5.74, 6) is 0.234. The number of hydrogen-bond donors (Lipinski definition) is 1. The monoisotopic (exact) mass is 394 g/mol. The molecule has 0 spiro atoms. The Hall–Kier alpha value is -1.84. The van der Waals surface area contributed by atoms with E-state index in [2.05, 4.69) is 31.9 Å². The van der Waals surface area contributed by atoms with Gasteiger partial charge in [-0.25, -0.2) is 0 Å². The third kappa shape index (κ3) is 3.18. The molecule has 4 nitrogen and oxygen atoms in total. The van der Waals surface area contributed by atoms with Crippen LogP contribution in [0, 0.1) is 11.3 Å². The van der Waals surface area contributed by atoms with E-state index in [1.807, 2.05) is 18.2 Å². The predicted molar refractivity (Wildman–Crippen MR) is 82.3 cm³/mol. The average molecular weight is 396 g/mol. The largest absolute Gasteiger partial charge is 0.457 e. The number of primary amides is 1. The second kappa shape index (κ2) is 6.07. The summed E-state index contributed by atoms with van der Waals surface area (Å²) in [5.41, 5.74) is 5.78. The number of benzene rings is 1. The van der Waals surface area contributed by atoms with Gasteiger partial charge in [0.2, 0.25) is 0 Å². The minimum atomic E-state index is -0.782. The molecule has 2 rings (SSSR count). The van der Waals surface area contributed by atoms with Crippen LogP contribution < -0.4 is 5.73 Å². The first kappa shape index (κ1) is 14.6. The lowest BCUT2D eigenvalue weighted by Crippen LogP contribution is -2.12. The highest BCUT2D eigenvalue weighted by atomic mass is 79.9. The number of furan rings is 1. The fourth-order valence-electron chi connectivity index (χ4n) is 1.57. The minimum absolute atomic E-state index is 0.152. The number of amides is 1. The number of nitrogens with zero attached hydrogens (tertiary/aromatic N) is 1.